The molecule has 1 fully saturated rings. The highest BCUT2D eigenvalue weighted by molar-refractivity contribution is 6.00. The number of hydrogen-bond acceptors (Lipinski definition) is 6. The van der Waals surface area contributed by atoms with Crippen LogP contribution in [-0.2, 0) is 27.5 Å². The highest BCUT2D eigenvalue weighted by Crippen LogP contribution is 2.18. The van der Waals surface area contributed by atoms with Crippen LogP contribution in [0.15, 0.2) is 36.4 Å². The van der Waals surface area contributed by atoms with Crippen molar-refractivity contribution >= 4 is 30.0 Å². The number of carbonyl (C=O) groups is 5. The third-order valence-electron chi connectivity index (χ3n) is 5.82. The van der Waals surface area contributed by atoms with Crippen molar-refractivity contribution < 1.29 is 29.1 Å². The zero-order chi connectivity index (χ0) is 25.5. The Balaban J connectivity index is 1.67. The van der Waals surface area contributed by atoms with E-state index < -0.39 is 17.9 Å². The van der Waals surface area contributed by atoms with Crippen LogP contribution in [0.3, 0.4) is 0 Å². The van der Waals surface area contributed by atoms with E-state index in [4.69, 9.17) is 0 Å². The molecule has 1 atom stereocenters. The summed E-state index contributed by atoms with van der Waals surface area (Å²) in [5.41, 5.74) is 2.95. The molecule has 0 bridgehead atoms. The number of rotatable bonds is 7. The summed E-state index contributed by atoms with van der Waals surface area (Å²) in [4.78, 5) is 60.3. The second kappa shape index (κ2) is 11.2. The molecular weight excluding hydrogens is 450 g/mol. The molecule has 35 heavy (non-hydrogen) atoms. The Morgan fingerprint density at radius 3 is 2.71 bits per heavy atom. The SMILES string of the molecule is Cc1c(C#CC(=O)NCc2ccc(C=O)c(CN(C)C3CCC(=O)NC3=O)c2)cccc1C(=O)O. The molecule has 0 aromatic heterocycles. The van der Waals surface area contributed by atoms with Crippen LogP contribution < -0.4 is 10.6 Å². The molecule has 1 aliphatic rings. The smallest absolute Gasteiger partial charge is 0.335 e. The number of imide groups is 1. The maximum atomic E-state index is 12.2. The Hall–Kier alpha value is -4.29. The molecule has 180 valence electrons. The first kappa shape index (κ1) is 25.3. The number of aromatic carboxylic acids is 1. The van der Waals surface area contributed by atoms with E-state index >= 15 is 0 Å². The molecule has 1 saturated heterocycles. The van der Waals surface area contributed by atoms with Gasteiger partial charge in [0.1, 0.15) is 6.29 Å². The predicted octanol–water partition coefficient (Wildman–Crippen LogP) is 1.41. The molecule has 1 heterocycles. The van der Waals surface area contributed by atoms with E-state index in [-0.39, 0.29) is 30.3 Å². The minimum atomic E-state index is -1.06. The predicted molar refractivity (Wildman–Crippen MR) is 126 cm³/mol. The summed E-state index contributed by atoms with van der Waals surface area (Å²) in [5, 5.41) is 14.2. The van der Waals surface area contributed by atoms with Crippen molar-refractivity contribution in [2.75, 3.05) is 7.05 Å². The van der Waals surface area contributed by atoms with Crippen molar-refractivity contribution in [3.63, 3.8) is 0 Å². The molecule has 0 radical (unpaired) electrons. The molecule has 2 aromatic carbocycles. The van der Waals surface area contributed by atoms with Gasteiger partial charge in [-0.2, -0.15) is 0 Å². The van der Waals surface area contributed by atoms with Gasteiger partial charge < -0.3 is 10.4 Å². The van der Waals surface area contributed by atoms with Crippen LogP contribution in [0.5, 0.6) is 0 Å². The number of piperidine rings is 1. The van der Waals surface area contributed by atoms with Crippen molar-refractivity contribution in [3.05, 3.63) is 69.8 Å². The van der Waals surface area contributed by atoms with Gasteiger partial charge in [0, 0.05) is 36.6 Å². The molecule has 0 aliphatic carbocycles. The van der Waals surface area contributed by atoms with E-state index in [9.17, 15) is 29.1 Å². The summed E-state index contributed by atoms with van der Waals surface area (Å²) >= 11 is 0. The summed E-state index contributed by atoms with van der Waals surface area (Å²) in [5.74, 6) is 2.92. The average molecular weight is 476 g/mol. The van der Waals surface area contributed by atoms with Crippen molar-refractivity contribution in [2.24, 2.45) is 0 Å². The lowest BCUT2D eigenvalue weighted by Gasteiger charge is -2.30. The number of benzene rings is 2. The fourth-order valence-electron chi connectivity index (χ4n) is 3.86. The van der Waals surface area contributed by atoms with Gasteiger partial charge in [-0.3, -0.25) is 29.4 Å². The minimum Gasteiger partial charge on any atom is -0.478 e. The zero-order valence-electron chi connectivity index (χ0n) is 19.4. The normalized spacial score (nSPS) is 15.1. The third-order valence-corrected chi connectivity index (χ3v) is 5.82. The molecular formula is C26H25N3O6. The van der Waals surface area contributed by atoms with Crippen LogP contribution in [0.25, 0.3) is 0 Å². The number of carboxylic acid groups (broad SMARTS) is 1. The fraction of sp³-hybridized carbons (Fsp3) is 0.269. The molecule has 3 N–H and O–H groups in total. The monoisotopic (exact) mass is 475 g/mol. The van der Waals surface area contributed by atoms with Gasteiger partial charge in [0.25, 0.3) is 5.91 Å². The summed E-state index contributed by atoms with van der Waals surface area (Å²) in [6.07, 6.45) is 1.39. The number of nitrogens with one attached hydrogen (secondary N) is 2. The van der Waals surface area contributed by atoms with Gasteiger partial charge in [0.2, 0.25) is 11.8 Å². The number of carboxylic acids is 1. The number of amides is 3. The van der Waals surface area contributed by atoms with Crippen LogP contribution in [0.4, 0.5) is 0 Å². The lowest BCUT2D eigenvalue weighted by Crippen LogP contribution is -2.51. The van der Waals surface area contributed by atoms with Gasteiger partial charge in [-0.05, 0) is 49.2 Å². The Kier molecular flexibility index (Phi) is 8.12. The molecule has 2 aromatic rings. The third kappa shape index (κ3) is 6.40. The second-order valence-electron chi connectivity index (χ2n) is 8.25. The zero-order valence-corrected chi connectivity index (χ0v) is 19.4. The van der Waals surface area contributed by atoms with Gasteiger partial charge in [0.15, 0.2) is 0 Å². The highest BCUT2D eigenvalue weighted by atomic mass is 16.4. The first-order chi connectivity index (χ1) is 16.7. The minimum absolute atomic E-state index is 0.127. The highest BCUT2D eigenvalue weighted by Gasteiger charge is 2.30. The topological polar surface area (TPSA) is 133 Å². The number of likely N-dealkylation sites (N-methyl/N-ethyl adjacent to an activating group) is 1. The standard InChI is InChI=1S/C26H25N3O6/c1-16-18(4-3-5-21(16)26(34)35)8-10-23(31)27-13-17-6-7-19(15-30)20(12-17)14-29(2)22-9-11-24(32)28-25(22)33/h3-7,12,15,22H,9,11,13-14H2,1-2H3,(H,27,31)(H,34,35)(H,28,32,33). The maximum absolute atomic E-state index is 12.2. The Labute approximate surface area is 202 Å². The van der Waals surface area contributed by atoms with E-state index in [1.165, 1.54) is 6.07 Å². The van der Waals surface area contributed by atoms with E-state index in [1.54, 1.807) is 49.2 Å². The van der Waals surface area contributed by atoms with Gasteiger partial charge in [-0.1, -0.05) is 30.2 Å². The van der Waals surface area contributed by atoms with E-state index in [0.29, 0.717) is 35.2 Å². The molecule has 1 unspecified atom stereocenters. The number of nitrogens with zero attached hydrogens (tertiary/aromatic N) is 1. The summed E-state index contributed by atoms with van der Waals surface area (Å²) in [7, 11) is 1.75. The lowest BCUT2D eigenvalue weighted by molar-refractivity contribution is -0.137. The van der Waals surface area contributed by atoms with E-state index in [1.807, 2.05) is 0 Å². The second-order valence-corrected chi connectivity index (χ2v) is 8.25. The number of aldehydes is 1. The number of hydrogen-bond donors (Lipinski definition) is 3. The quantitative estimate of drug-likeness (QED) is 0.313. The summed E-state index contributed by atoms with van der Waals surface area (Å²) in [6, 6.07) is 9.35. The Bertz CT molecular complexity index is 1260. The van der Waals surface area contributed by atoms with Crippen LogP contribution in [0, 0.1) is 18.8 Å². The van der Waals surface area contributed by atoms with Gasteiger partial charge >= 0.3 is 5.97 Å². The molecule has 1 aliphatic heterocycles. The van der Waals surface area contributed by atoms with E-state index in [2.05, 4.69) is 22.5 Å². The van der Waals surface area contributed by atoms with Crippen molar-refractivity contribution in [1.82, 2.24) is 15.5 Å². The van der Waals surface area contributed by atoms with Gasteiger partial charge in [-0.25, -0.2) is 4.79 Å². The van der Waals surface area contributed by atoms with Crippen LogP contribution in [0.2, 0.25) is 0 Å². The maximum Gasteiger partial charge on any atom is 0.335 e. The first-order valence-electron chi connectivity index (χ1n) is 10.9. The van der Waals surface area contributed by atoms with Crippen molar-refractivity contribution in [1.29, 1.82) is 0 Å². The molecule has 9 heteroatoms. The number of carbonyl (C=O) groups excluding carboxylic acids is 4. The molecule has 9 nitrogen and oxygen atoms in total. The fourth-order valence-corrected chi connectivity index (χ4v) is 3.86. The van der Waals surface area contributed by atoms with Gasteiger partial charge in [-0.15, -0.1) is 0 Å². The van der Waals surface area contributed by atoms with Crippen molar-refractivity contribution in [2.45, 2.75) is 38.9 Å². The van der Waals surface area contributed by atoms with Gasteiger partial charge in [0.05, 0.1) is 11.6 Å². The van der Waals surface area contributed by atoms with E-state index in [0.717, 1.165) is 11.8 Å². The first-order valence-corrected chi connectivity index (χ1v) is 10.9. The largest absolute Gasteiger partial charge is 0.478 e. The molecule has 3 rings (SSSR count). The molecule has 3 amide bonds. The lowest BCUT2D eigenvalue weighted by atomic mass is 10.0. The van der Waals surface area contributed by atoms with Crippen molar-refractivity contribution in [3.8, 4) is 11.8 Å². The summed E-state index contributed by atoms with van der Waals surface area (Å²) in [6.45, 7) is 2.10. The molecule has 0 spiro atoms. The van der Waals surface area contributed by atoms with Crippen LogP contribution in [-0.4, -0.2) is 53.1 Å². The molecule has 0 saturated carbocycles. The summed E-state index contributed by atoms with van der Waals surface area (Å²) < 4.78 is 0. The van der Waals surface area contributed by atoms with Crippen LogP contribution >= 0.6 is 0 Å². The van der Waals surface area contributed by atoms with Crippen LogP contribution in [0.1, 0.15) is 55.8 Å². The Morgan fingerprint density at radius 2 is 2.03 bits per heavy atom. The Morgan fingerprint density at radius 1 is 1.26 bits per heavy atom. The average Bonchev–Trinajstić information content (AvgIpc) is 2.82.